The second-order valence-corrected chi connectivity index (χ2v) is 8.29. The summed E-state index contributed by atoms with van der Waals surface area (Å²) in [6, 6.07) is 15.5. The number of fused-ring (bicyclic) bond motifs is 3. The Kier molecular flexibility index (Phi) is 5.33. The molecule has 0 N–H and O–H groups in total. The van der Waals surface area contributed by atoms with Crippen molar-refractivity contribution in [1.29, 1.82) is 0 Å². The molecule has 0 unspecified atom stereocenters. The number of hydrogen-bond acceptors (Lipinski definition) is 4. The van der Waals surface area contributed by atoms with Gasteiger partial charge in [0.25, 0.3) is 5.91 Å². The molecule has 1 saturated heterocycles. The minimum absolute atomic E-state index is 0.152. The highest BCUT2D eigenvalue weighted by atomic mass is 16.5. The molecule has 6 nitrogen and oxygen atoms in total. The zero-order chi connectivity index (χ0) is 21.4. The van der Waals surface area contributed by atoms with Crippen LogP contribution in [0.4, 0.5) is 0 Å². The lowest BCUT2D eigenvalue weighted by Crippen LogP contribution is -2.46. The monoisotopic (exact) mass is 406 g/mol. The summed E-state index contributed by atoms with van der Waals surface area (Å²) in [4.78, 5) is 42.9. The fraction of sp³-hybridized carbons (Fsp3) is 0.375. The van der Waals surface area contributed by atoms with Gasteiger partial charge in [-0.3, -0.25) is 9.59 Å². The van der Waals surface area contributed by atoms with E-state index in [0.29, 0.717) is 18.4 Å². The number of hydrogen-bond donors (Lipinski definition) is 0. The molecule has 0 radical (unpaired) electrons. The van der Waals surface area contributed by atoms with Crippen LogP contribution in [0.25, 0.3) is 0 Å². The normalized spacial score (nSPS) is 21.1. The van der Waals surface area contributed by atoms with Gasteiger partial charge in [0.05, 0.1) is 7.11 Å². The van der Waals surface area contributed by atoms with Crippen LogP contribution in [-0.4, -0.2) is 46.8 Å². The first-order valence-electron chi connectivity index (χ1n) is 10.3. The van der Waals surface area contributed by atoms with E-state index in [9.17, 15) is 14.4 Å². The van der Waals surface area contributed by atoms with Crippen molar-refractivity contribution in [2.24, 2.45) is 5.92 Å². The Labute approximate surface area is 176 Å². The highest BCUT2D eigenvalue weighted by Gasteiger charge is 2.56. The summed E-state index contributed by atoms with van der Waals surface area (Å²) in [5.74, 6) is -0.598. The first-order chi connectivity index (χ1) is 14.4. The second-order valence-electron chi connectivity index (χ2n) is 8.29. The van der Waals surface area contributed by atoms with Gasteiger partial charge in [-0.15, -0.1) is 0 Å². The highest BCUT2D eigenvalue weighted by Crippen LogP contribution is 2.45. The van der Waals surface area contributed by atoms with Crippen molar-refractivity contribution < 1.29 is 19.1 Å². The number of methoxy groups -OCH3 is 1. The Morgan fingerprint density at radius 1 is 1.03 bits per heavy atom. The molecule has 1 fully saturated rings. The molecule has 0 bridgehead atoms. The van der Waals surface area contributed by atoms with E-state index >= 15 is 0 Å². The van der Waals surface area contributed by atoms with E-state index in [1.165, 1.54) is 7.11 Å². The van der Waals surface area contributed by atoms with Crippen molar-refractivity contribution >= 4 is 17.8 Å². The van der Waals surface area contributed by atoms with Gasteiger partial charge in [0.1, 0.15) is 18.2 Å². The molecular weight excluding hydrogens is 380 g/mol. The zero-order valence-corrected chi connectivity index (χ0v) is 17.4. The lowest BCUT2D eigenvalue weighted by atomic mass is 10.00. The van der Waals surface area contributed by atoms with Gasteiger partial charge < -0.3 is 14.5 Å². The number of esters is 1. The molecule has 0 aromatic heterocycles. The van der Waals surface area contributed by atoms with Crippen molar-refractivity contribution in [3.05, 3.63) is 71.3 Å². The second kappa shape index (κ2) is 7.94. The molecule has 2 aromatic rings. The lowest BCUT2D eigenvalue weighted by molar-refractivity contribution is -0.153. The van der Waals surface area contributed by atoms with Crippen LogP contribution in [0.3, 0.4) is 0 Å². The van der Waals surface area contributed by atoms with E-state index in [2.05, 4.69) is 0 Å². The third-order valence-corrected chi connectivity index (χ3v) is 5.88. The molecule has 4 rings (SSSR count). The third kappa shape index (κ3) is 3.26. The van der Waals surface area contributed by atoms with Gasteiger partial charge in [-0.05, 0) is 24.0 Å². The number of carbonyl (C=O) groups is 3. The van der Waals surface area contributed by atoms with Crippen LogP contribution in [0.1, 0.15) is 47.9 Å². The first kappa shape index (κ1) is 20.1. The fourth-order valence-electron chi connectivity index (χ4n) is 4.58. The highest BCUT2D eigenvalue weighted by molar-refractivity contribution is 6.05. The lowest BCUT2D eigenvalue weighted by Gasteiger charge is -2.31. The summed E-state index contributed by atoms with van der Waals surface area (Å²) in [6.45, 7) is 4.06. The first-order valence-corrected chi connectivity index (χ1v) is 10.3. The molecule has 0 spiro atoms. The quantitative estimate of drug-likeness (QED) is 0.691. The molecule has 0 saturated carbocycles. The number of rotatable bonds is 6. The maximum absolute atomic E-state index is 13.6. The zero-order valence-electron chi connectivity index (χ0n) is 17.4. The largest absolute Gasteiger partial charge is 0.467 e. The average molecular weight is 406 g/mol. The predicted molar refractivity (Wildman–Crippen MR) is 111 cm³/mol. The molecule has 30 heavy (non-hydrogen) atoms. The van der Waals surface area contributed by atoms with E-state index in [0.717, 1.165) is 11.1 Å². The summed E-state index contributed by atoms with van der Waals surface area (Å²) in [5.41, 5.74) is 2.29. The van der Waals surface area contributed by atoms with Gasteiger partial charge in [0, 0.05) is 17.5 Å². The SMILES string of the molecule is COC(=O)[C@H](Cc1ccccc1)N1C(=O)[C@H](CC(C)C)N2C(=O)c3ccccc3[C@H]21. The van der Waals surface area contributed by atoms with Crippen LogP contribution in [0, 0.1) is 5.92 Å². The van der Waals surface area contributed by atoms with Crippen LogP contribution in [-0.2, 0) is 20.7 Å². The van der Waals surface area contributed by atoms with E-state index in [1.807, 2.05) is 62.4 Å². The minimum Gasteiger partial charge on any atom is -0.467 e. The molecule has 2 aliphatic rings. The van der Waals surface area contributed by atoms with Gasteiger partial charge in [-0.1, -0.05) is 62.4 Å². The molecule has 0 aliphatic carbocycles. The third-order valence-electron chi connectivity index (χ3n) is 5.88. The topological polar surface area (TPSA) is 66.9 Å². The van der Waals surface area contributed by atoms with Crippen LogP contribution >= 0.6 is 0 Å². The Hall–Kier alpha value is -3.15. The Morgan fingerprint density at radius 2 is 1.70 bits per heavy atom. The summed E-state index contributed by atoms with van der Waals surface area (Å²) < 4.78 is 5.09. The molecule has 2 aliphatic heterocycles. The smallest absolute Gasteiger partial charge is 0.329 e. The van der Waals surface area contributed by atoms with Gasteiger partial charge in [-0.2, -0.15) is 0 Å². The molecule has 6 heteroatoms. The average Bonchev–Trinajstić information content (AvgIpc) is 3.19. The van der Waals surface area contributed by atoms with E-state index in [4.69, 9.17) is 4.74 Å². The van der Waals surface area contributed by atoms with Crippen molar-refractivity contribution in [3.63, 3.8) is 0 Å². The van der Waals surface area contributed by atoms with Crippen LogP contribution in [0.2, 0.25) is 0 Å². The maximum atomic E-state index is 13.6. The van der Waals surface area contributed by atoms with Gasteiger partial charge in [-0.25, -0.2) is 4.79 Å². The number of nitrogens with zero attached hydrogens (tertiary/aromatic N) is 2. The number of benzene rings is 2. The molecule has 3 atom stereocenters. The van der Waals surface area contributed by atoms with Gasteiger partial charge in [0.15, 0.2) is 0 Å². The van der Waals surface area contributed by atoms with Gasteiger partial charge in [0.2, 0.25) is 5.91 Å². The molecule has 2 aromatic carbocycles. The van der Waals surface area contributed by atoms with Crippen LogP contribution < -0.4 is 0 Å². The molecule has 2 heterocycles. The summed E-state index contributed by atoms with van der Waals surface area (Å²) in [6.07, 6.45) is 0.289. The summed E-state index contributed by atoms with van der Waals surface area (Å²) >= 11 is 0. The van der Waals surface area contributed by atoms with Crippen LogP contribution in [0.5, 0.6) is 0 Å². The standard InChI is InChI=1S/C24H26N2O4/c1-15(2)13-19-23(28)26(20(24(29)30-3)14-16-9-5-4-6-10-16)21-17-11-7-8-12-18(17)22(27)25(19)21/h4-12,15,19-21H,13-14H2,1-3H3/t19-,20-,21+/m0/s1. The Balaban J connectivity index is 1.80. The summed E-state index contributed by atoms with van der Waals surface area (Å²) in [5, 5.41) is 0. The number of amides is 2. The predicted octanol–water partition coefficient (Wildman–Crippen LogP) is 3.18. The Morgan fingerprint density at radius 3 is 2.37 bits per heavy atom. The van der Waals surface area contributed by atoms with Crippen molar-refractivity contribution in [2.45, 2.75) is 44.9 Å². The van der Waals surface area contributed by atoms with E-state index in [-0.39, 0.29) is 17.7 Å². The maximum Gasteiger partial charge on any atom is 0.329 e. The number of ether oxygens (including phenoxy) is 1. The van der Waals surface area contributed by atoms with Gasteiger partial charge >= 0.3 is 5.97 Å². The molecule has 156 valence electrons. The van der Waals surface area contributed by atoms with Crippen molar-refractivity contribution in [3.8, 4) is 0 Å². The fourth-order valence-corrected chi connectivity index (χ4v) is 4.58. The minimum atomic E-state index is -0.812. The van der Waals surface area contributed by atoms with E-state index < -0.39 is 24.2 Å². The Bertz CT molecular complexity index is 972. The van der Waals surface area contributed by atoms with E-state index in [1.54, 1.807) is 15.9 Å². The summed E-state index contributed by atoms with van der Waals surface area (Å²) in [7, 11) is 1.33. The van der Waals surface area contributed by atoms with Crippen LogP contribution in [0.15, 0.2) is 54.6 Å². The number of carbonyl (C=O) groups excluding carboxylic acids is 3. The molecule has 2 amide bonds. The van der Waals surface area contributed by atoms with Crippen molar-refractivity contribution in [2.75, 3.05) is 7.11 Å². The van der Waals surface area contributed by atoms with Crippen molar-refractivity contribution in [1.82, 2.24) is 9.80 Å². The molecular formula is C24H26N2O4.